The molecule has 0 fully saturated rings. The van der Waals surface area contributed by atoms with E-state index >= 15 is 0 Å². The van der Waals surface area contributed by atoms with Gasteiger partial charge in [-0.05, 0) is 29.7 Å². The Balaban J connectivity index is 2.06. The van der Waals surface area contributed by atoms with Crippen LogP contribution < -0.4 is 4.52 Å². The van der Waals surface area contributed by atoms with Gasteiger partial charge in [0.2, 0.25) is 0 Å². The van der Waals surface area contributed by atoms with Crippen molar-refractivity contribution in [3.63, 3.8) is 0 Å². The molecular formula is C13H13O4P. The summed E-state index contributed by atoms with van der Waals surface area (Å²) >= 11 is 0. The highest BCUT2D eigenvalue weighted by Crippen LogP contribution is 2.37. The molecule has 5 heteroatoms. The second-order valence-corrected chi connectivity index (χ2v) is 5.05. The summed E-state index contributed by atoms with van der Waals surface area (Å²) in [6.45, 7) is 0. The van der Waals surface area contributed by atoms with Gasteiger partial charge < -0.3 is 4.52 Å². The van der Waals surface area contributed by atoms with Gasteiger partial charge >= 0.3 is 7.82 Å². The fraction of sp³-hybridized carbons (Fsp3) is 0.0769. The maximum atomic E-state index is 10.6. The minimum Gasteiger partial charge on any atom is -0.404 e. The largest absolute Gasteiger partial charge is 0.524 e. The van der Waals surface area contributed by atoms with Crippen LogP contribution in [0, 0.1) is 0 Å². The summed E-state index contributed by atoms with van der Waals surface area (Å²) in [7, 11) is -4.47. The lowest BCUT2D eigenvalue weighted by Gasteiger charge is -2.07. The van der Waals surface area contributed by atoms with Gasteiger partial charge in [0, 0.05) is 0 Å². The van der Waals surface area contributed by atoms with Crippen molar-refractivity contribution in [3.8, 4) is 5.75 Å². The van der Waals surface area contributed by atoms with E-state index in [0.717, 1.165) is 12.0 Å². The van der Waals surface area contributed by atoms with E-state index in [9.17, 15) is 4.57 Å². The normalized spacial score (nSPS) is 11.2. The smallest absolute Gasteiger partial charge is 0.404 e. The molecule has 2 N–H and O–H groups in total. The molecule has 0 amide bonds. The molecule has 0 aromatic heterocycles. The first kappa shape index (κ1) is 12.8. The second-order valence-electron chi connectivity index (χ2n) is 3.89. The van der Waals surface area contributed by atoms with Crippen LogP contribution in [0.5, 0.6) is 5.75 Å². The molecule has 0 unspecified atom stereocenters. The predicted molar refractivity (Wildman–Crippen MR) is 68.4 cm³/mol. The lowest BCUT2D eigenvalue weighted by molar-refractivity contribution is 0.283. The summed E-state index contributed by atoms with van der Waals surface area (Å²) in [4.78, 5) is 17.3. The third-order valence-electron chi connectivity index (χ3n) is 2.40. The second kappa shape index (κ2) is 5.36. The van der Waals surface area contributed by atoms with E-state index in [2.05, 4.69) is 4.52 Å². The van der Waals surface area contributed by atoms with Gasteiger partial charge in [-0.25, -0.2) is 4.57 Å². The molecule has 2 aromatic carbocycles. The van der Waals surface area contributed by atoms with Crippen LogP contribution in [0.15, 0.2) is 54.6 Å². The molecule has 0 saturated heterocycles. The standard InChI is InChI=1S/C13H13O4P/c14-18(15,16)17-13-8-6-12(7-9-13)10-11-4-2-1-3-5-11/h1-9H,10H2,(H2,14,15,16). The molecule has 94 valence electrons. The summed E-state index contributed by atoms with van der Waals surface area (Å²) in [5, 5.41) is 0. The molecule has 18 heavy (non-hydrogen) atoms. The van der Waals surface area contributed by atoms with Crippen LogP contribution in [0.3, 0.4) is 0 Å². The molecular weight excluding hydrogens is 251 g/mol. The fourth-order valence-corrected chi connectivity index (χ4v) is 2.03. The van der Waals surface area contributed by atoms with Gasteiger partial charge in [-0.3, -0.25) is 9.79 Å². The zero-order valence-electron chi connectivity index (χ0n) is 9.56. The number of phosphoric acid groups is 1. The van der Waals surface area contributed by atoms with Crippen molar-refractivity contribution < 1.29 is 18.9 Å². The number of hydrogen-bond acceptors (Lipinski definition) is 2. The predicted octanol–water partition coefficient (Wildman–Crippen LogP) is 2.75. The third kappa shape index (κ3) is 4.00. The zero-order valence-corrected chi connectivity index (χ0v) is 10.5. The van der Waals surface area contributed by atoms with Crippen LogP contribution in [-0.4, -0.2) is 9.79 Å². The lowest BCUT2D eigenvalue weighted by atomic mass is 10.1. The minimum atomic E-state index is -4.47. The van der Waals surface area contributed by atoms with E-state index in [1.165, 1.54) is 5.56 Å². The Kier molecular flexibility index (Phi) is 3.82. The van der Waals surface area contributed by atoms with E-state index in [0.29, 0.717) is 0 Å². The van der Waals surface area contributed by atoms with Gasteiger partial charge in [0.25, 0.3) is 0 Å². The average Bonchev–Trinajstić information content (AvgIpc) is 2.31. The molecule has 0 spiro atoms. The van der Waals surface area contributed by atoms with E-state index in [1.54, 1.807) is 24.3 Å². The Hall–Kier alpha value is -1.61. The van der Waals surface area contributed by atoms with E-state index in [1.807, 2.05) is 30.3 Å². The molecule has 2 aromatic rings. The number of phosphoric ester groups is 1. The van der Waals surface area contributed by atoms with Gasteiger partial charge in [-0.2, -0.15) is 0 Å². The molecule has 0 aliphatic carbocycles. The van der Waals surface area contributed by atoms with Crippen LogP contribution >= 0.6 is 7.82 Å². The quantitative estimate of drug-likeness (QED) is 0.833. The summed E-state index contributed by atoms with van der Waals surface area (Å²) in [5.41, 5.74) is 2.24. The monoisotopic (exact) mass is 264 g/mol. The van der Waals surface area contributed by atoms with Crippen LogP contribution in [0.1, 0.15) is 11.1 Å². The van der Waals surface area contributed by atoms with Crippen molar-refractivity contribution in [3.05, 3.63) is 65.7 Å². The van der Waals surface area contributed by atoms with Gasteiger partial charge in [-0.15, -0.1) is 0 Å². The van der Waals surface area contributed by atoms with Gasteiger partial charge in [0.1, 0.15) is 5.75 Å². The van der Waals surface area contributed by atoms with Crippen molar-refractivity contribution in [1.29, 1.82) is 0 Å². The topological polar surface area (TPSA) is 66.8 Å². The summed E-state index contributed by atoms with van der Waals surface area (Å²) in [5.74, 6) is 0.167. The Morgan fingerprint density at radius 1 is 0.889 bits per heavy atom. The number of rotatable bonds is 4. The Morgan fingerprint density at radius 3 is 2.00 bits per heavy atom. The molecule has 0 aliphatic rings. The van der Waals surface area contributed by atoms with Crippen molar-refractivity contribution in [2.45, 2.75) is 6.42 Å². The summed E-state index contributed by atoms with van der Waals surface area (Å²) < 4.78 is 15.1. The Labute approximate surface area is 105 Å². The van der Waals surface area contributed by atoms with Crippen LogP contribution in [0.25, 0.3) is 0 Å². The highest BCUT2D eigenvalue weighted by atomic mass is 31.2. The molecule has 0 bridgehead atoms. The van der Waals surface area contributed by atoms with Crippen molar-refractivity contribution in [2.24, 2.45) is 0 Å². The highest BCUT2D eigenvalue weighted by Gasteiger charge is 2.15. The van der Waals surface area contributed by atoms with Gasteiger partial charge in [-0.1, -0.05) is 42.5 Å². The Bertz CT molecular complexity index is 545. The molecule has 0 radical (unpaired) electrons. The number of benzene rings is 2. The lowest BCUT2D eigenvalue weighted by Crippen LogP contribution is -1.91. The molecule has 0 atom stereocenters. The van der Waals surface area contributed by atoms with Crippen LogP contribution in [0.4, 0.5) is 0 Å². The molecule has 0 saturated carbocycles. The van der Waals surface area contributed by atoms with E-state index in [4.69, 9.17) is 9.79 Å². The van der Waals surface area contributed by atoms with Crippen LogP contribution in [-0.2, 0) is 11.0 Å². The summed E-state index contributed by atoms with van der Waals surface area (Å²) in [6, 6.07) is 16.6. The Morgan fingerprint density at radius 2 is 1.44 bits per heavy atom. The maximum absolute atomic E-state index is 10.6. The molecule has 2 rings (SSSR count). The van der Waals surface area contributed by atoms with Crippen molar-refractivity contribution in [2.75, 3.05) is 0 Å². The third-order valence-corrected chi connectivity index (χ3v) is 2.85. The first-order valence-electron chi connectivity index (χ1n) is 5.41. The molecule has 4 nitrogen and oxygen atoms in total. The summed E-state index contributed by atoms with van der Waals surface area (Å²) in [6.07, 6.45) is 0.775. The van der Waals surface area contributed by atoms with Gasteiger partial charge in [0.15, 0.2) is 0 Å². The van der Waals surface area contributed by atoms with E-state index < -0.39 is 7.82 Å². The number of hydrogen-bond donors (Lipinski definition) is 2. The first-order valence-corrected chi connectivity index (χ1v) is 6.94. The minimum absolute atomic E-state index is 0.167. The van der Waals surface area contributed by atoms with Crippen molar-refractivity contribution in [1.82, 2.24) is 0 Å². The highest BCUT2D eigenvalue weighted by molar-refractivity contribution is 7.46. The zero-order chi connectivity index (χ0) is 13.0. The fourth-order valence-electron chi connectivity index (χ4n) is 1.64. The van der Waals surface area contributed by atoms with Gasteiger partial charge in [0.05, 0.1) is 0 Å². The van der Waals surface area contributed by atoms with Crippen LogP contribution in [0.2, 0.25) is 0 Å². The maximum Gasteiger partial charge on any atom is 0.524 e. The molecule has 0 heterocycles. The average molecular weight is 264 g/mol. The van der Waals surface area contributed by atoms with E-state index in [-0.39, 0.29) is 5.75 Å². The van der Waals surface area contributed by atoms with Crippen molar-refractivity contribution >= 4 is 7.82 Å². The SMILES string of the molecule is O=P(O)(O)Oc1ccc(Cc2ccccc2)cc1. The molecule has 0 aliphatic heterocycles. The first-order chi connectivity index (χ1) is 8.53.